The Morgan fingerprint density at radius 1 is 1.29 bits per heavy atom. The average Bonchev–Trinajstić information content (AvgIpc) is 3.20. The van der Waals surface area contributed by atoms with E-state index in [1.165, 1.54) is 58.3 Å². The number of nitriles is 1. The molecule has 3 aliphatic rings. The van der Waals surface area contributed by atoms with Crippen molar-refractivity contribution in [3.8, 4) is 6.07 Å². The van der Waals surface area contributed by atoms with Crippen LogP contribution < -0.4 is 5.32 Å². The number of hydrogen-bond acceptors (Lipinski definition) is 4. The largest absolute Gasteiger partial charge is 0.301 e. The fraction of sp³-hybridized carbons (Fsp3) is 0.941. The quantitative estimate of drug-likeness (QED) is 0.839. The molecule has 21 heavy (non-hydrogen) atoms. The Morgan fingerprint density at radius 3 is 2.76 bits per heavy atom. The van der Waals surface area contributed by atoms with Crippen LogP contribution in [0.5, 0.6) is 0 Å². The Bertz CT molecular complexity index is 400. The van der Waals surface area contributed by atoms with Crippen LogP contribution in [-0.2, 0) is 0 Å². The van der Waals surface area contributed by atoms with Crippen molar-refractivity contribution in [1.82, 2.24) is 15.1 Å². The molecule has 118 valence electrons. The minimum Gasteiger partial charge on any atom is -0.301 e. The molecule has 4 heteroatoms. The van der Waals surface area contributed by atoms with Crippen molar-refractivity contribution in [2.45, 2.75) is 63.1 Å². The summed E-state index contributed by atoms with van der Waals surface area (Å²) in [6.45, 7) is 7.02. The van der Waals surface area contributed by atoms with Crippen molar-refractivity contribution in [2.75, 3.05) is 33.2 Å². The van der Waals surface area contributed by atoms with Crippen molar-refractivity contribution in [3.05, 3.63) is 0 Å². The molecule has 0 aromatic rings. The second-order valence-electron chi connectivity index (χ2n) is 7.51. The van der Waals surface area contributed by atoms with E-state index in [1.54, 1.807) is 0 Å². The summed E-state index contributed by atoms with van der Waals surface area (Å²) in [7, 11) is 2.22. The summed E-state index contributed by atoms with van der Waals surface area (Å²) in [5.74, 6) is 0.554. The molecule has 3 rings (SSSR count). The summed E-state index contributed by atoms with van der Waals surface area (Å²) in [5, 5.41) is 13.4. The predicted octanol–water partition coefficient (Wildman–Crippen LogP) is 1.83. The molecule has 0 amide bonds. The highest BCUT2D eigenvalue weighted by Crippen LogP contribution is 2.40. The number of nitrogens with one attached hydrogen (secondary N) is 1. The molecule has 0 spiro atoms. The maximum atomic E-state index is 9.74. The zero-order valence-corrected chi connectivity index (χ0v) is 13.6. The third-order valence-corrected chi connectivity index (χ3v) is 5.90. The average molecular weight is 290 g/mol. The predicted molar refractivity (Wildman–Crippen MR) is 85.0 cm³/mol. The Kier molecular flexibility index (Phi) is 4.54. The molecular weight excluding hydrogens is 260 g/mol. The molecular formula is C17H30N4. The number of likely N-dealkylation sites (N-methyl/N-ethyl adjacent to an activating group) is 1. The van der Waals surface area contributed by atoms with Crippen molar-refractivity contribution < 1.29 is 0 Å². The number of piperazine rings is 1. The van der Waals surface area contributed by atoms with Crippen molar-refractivity contribution in [3.63, 3.8) is 0 Å². The van der Waals surface area contributed by atoms with Gasteiger partial charge in [-0.15, -0.1) is 0 Å². The second kappa shape index (κ2) is 6.24. The molecule has 4 nitrogen and oxygen atoms in total. The Labute approximate surface area is 129 Å². The van der Waals surface area contributed by atoms with E-state index < -0.39 is 0 Å². The molecule has 1 N–H and O–H groups in total. The third kappa shape index (κ3) is 3.41. The van der Waals surface area contributed by atoms with Gasteiger partial charge >= 0.3 is 0 Å². The monoisotopic (exact) mass is 290 g/mol. The minimum absolute atomic E-state index is 0.209. The number of hydrogen-bond donors (Lipinski definition) is 1. The zero-order valence-electron chi connectivity index (χ0n) is 13.6. The zero-order chi connectivity index (χ0) is 14.9. The third-order valence-electron chi connectivity index (χ3n) is 5.90. The van der Waals surface area contributed by atoms with Crippen molar-refractivity contribution in [2.24, 2.45) is 5.92 Å². The van der Waals surface area contributed by atoms with E-state index in [9.17, 15) is 5.26 Å². The molecule has 1 saturated heterocycles. The minimum atomic E-state index is -0.209. The Morgan fingerprint density at radius 2 is 2.10 bits per heavy atom. The van der Waals surface area contributed by atoms with Gasteiger partial charge in [-0.25, -0.2) is 0 Å². The van der Waals surface area contributed by atoms with E-state index >= 15 is 0 Å². The van der Waals surface area contributed by atoms with Crippen LogP contribution in [0.4, 0.5) is 0 Å². The lowest BCUT2D eigenvalue weighted by atomic mass is 9.85. The molecule has 0 aromatic heterocycles. The van der Waals surface area contributed by atoms with Crippen LogP contribution >= 0.6 is 0 Å². The van der Waals surface area contributed by atoms with Gasteiger partial charge in [0, 0.05) is 31.7 Å². The van der Waals surface area contributed by atoms with E-state index in [0.717, 1.165) is 6.42 Å². The molecule has 3 fully saturated rings. The normalized spacial score (nSPS) is 38.5. The molecule has 1 aliphatic heterocycles. The molecule has 3 unspecified atom stereocenters. The first-order valence-corrected chi connectivity index (χ1v) is 8.74. The first-order chi connectivity index (χ1) is 10.1. The lowest BCUT2D eigenvalue weighted by Crippen LogP contribution is -2.52. The molecule has 0 aromatic carbocycles. The molecule has 2 saturated carbocycles. The van der Waals surface area contributed by atoms with Gasteiger partial charge < -0.3 is 9.80 Å². The Balaban J connectivity index is 1.53. The topological polar surface area (TPSA) is 42.3 Å². The van der Waals surface area contributed by atoms with Gasteiger partial charge in [0.15, 0.2) is 0 Å². The summed E-state index contributed by atoms with van der Waals surface area (Å²) < 4.78 is 0. The highest BCUT2D eigenvalue weighted by Gasteiger charge is 2.45. The van der Waals surface area contributed by atoms with Gasteiger partial charge in [0.05, 0.1) is 6.07 Å². The highest BCUT2D eigenvalue weighted by atomic mass is 15.3. The van der Waals surface area contributed by atoms with E-state index in [4.69, 9.17) is 0 Å². The maximum absolute atomic E-state index is 9.74. The van der Waals surface area contributed by atoms with Gasteiger partial charge in [-0.3, -0.25) is 5.32 Å². The van der Waals surface area contributed by atoms with Gasteiger partial charge in [-0.2, -0.15) is 5.26 Å². The van der Waals surface area contributed by atoms with Gasteiger partial charge in [-0.05, 0) is 58.5 Å². The first kappa shape index (κ1) is 15.3. The van der Waals surface area contributed by atoms with Crippen LogP contribution in [0.25, 0.3) is 0 Å². The van der Waals surface area contributed by atoms with Gasteiger partial charge in [0.25, 0.3) is 0 Å². The van der Waals surface area contributed by atoms with Gasteiger partial charge in [0.2, 0.25) is 0 Å². The number of rotatable bonds is 5. The lowest BCUT2D eigenvalue weighted by Gasteiger charge is -2.39. The fourth-order valence-corrected chi connectivity index (χ4v) is 4.10. The van der Waals surface area contributed by atoms with Crippen LogP contribution in [-0.4, -0.2) is 60.6 Å². The van der Waals surface area contributed by atoms with Crippen LogP contribution in [0, 0.1) is 17.2 Å². The molecule has 2 aliphatic carbocycles. The molecule has 1 heterocycles. The maximum Gasteiger partial charge on any atom is 0.109 e. The van der Waals surface area contributed by atoms with Crippen molar-refractivity contribution >= 4 is 0 Å². The number of nitrogens with zero attached hydrogens (tertiary/aromatic N) is 3. The highest BCUT2D eigenvalue weighted by molar-refractivity contribution is 5.16. The van der Waals surface area contributed by atoms with E-state index in [1.807, 2.05) is 0 Å². The van der Waals surface area contributed by atoms with Crippen LogP contribution in [0.3, 0.4) is 0 Å². The summed E-state index contributed by atoms with van der Waals surface area (Å²) in [6, 6.07) is 3.96. The first-order valence-electron chi connectivity index (χ1n) is 8.74. The smallest absolute Gasteiger partial charge is 0.109 e. The fourth-order valence-electron chi connectivity index (χ4n) is 4.10. The molecule has 3 atom stereocenters. The van der Waals surface area contributed by atoms with Crippen LogP contribution in [0.1, 0.15) is 45.4 Å². The van der Waals surface area contributed by atoms with Crippen molar-refractivity contribution in [1.29, 1.82) is 5.26 Å². The standard InChI is InChI=1S/C17H30N4/c1-14-12-21(11-10-20(14)2)9-7-15-4-3-8-17(15,13-18)19-16-5-6-16/h14-16,19H,3-12H2,1-2H3. The van der Waals surface area contributed by atoms with E-state index in [-0.39, 0.29) is 5.54 Å². The summed E-state index contributed by atoms with van der Waals surface area (Å²) in [4.78, 5) is 5.04. The lowest BCUT2D eigenvalue weighted by molar-refractivity contribution is 0.0971. The van der Waals surface area contributed by atoms with E-state index in [0.29, 0.717) is 18.0 Å². The summed E-state index contributed by atoms with van der Waals surface area (Å²) in [6.07, 6.45) is 7.24. The summed E-state index contributed by atoms with van der Waals surface area (Å²) in [5.41, 5.74) is -0.209. The SMILES string of the molecule is CC1CN(CCC2CCCC2(C#N)NC2CC2)CCN1C. The second-order valence-corrected chi connectivity index (χ2v) is 7.51. The molecule has 0 radical (unpaired) electrons. The van der Waals surface area contributed by atoms with Crippen LogP contribution in [0.15, 0.2) is 0 Å². The molecule has 0 bridgehead atoms. The Hall–Kier alpha value is -0.630. The van der Waals surface area contributed by atoms with Crippen LogP contribution in [0.2, 0.25) is 0 Å². The van der Waals surface area contributed by atoms with Gasteiger partial charge in [0.1, 0.15) is 5.54 Å². The van der Waals surface area contributed by atoms with E-state index in [2.05, 4.69) is 35.2 Å². The summed E-state index contributed by atoms with van der Waals surface area (Å²) >= 11 is 0. The van der Waals surface area contributed by atoms with Gasteiger partial charge in [-0.1, -0.05) is 6.42 Å².